The van der Waals surface area contributed by atoms with Crippen LogP contribution in [-0.4, -0.2) is 22.1 Å². The number of nitrogens with one attached hydrogen (secondary N) is 1. The van der Waals surface area contributed by atoms with E-state index in [-0.39, 0.29) is 26.9 Å². The smallest absolute Gasteiger partial charge is 0.337 e. The second-order valence-electron chi connectivity index (χ2n) is 3.73. The second kappa shape index (κ2) is 5.70. The van der Waals surface area contributed by atoms with Crippen LogP contribution in [0.15, 0.2) is 24.3 Å². The topological polar surface area (TPSA) is 86.6 Å². The van der Waals surface area contributed by atoms with Gasteiger partial charge in [-0.15, -0.1) is 11.3 Å². The highest BCUT2D eigenvalue weighted by molar-refractivity contribution is 7.20. The van der Waals surface area contributed by atoms with Gasteiger partial charge < -0.3 is 15.5 Å². The first-order chi connectivity index (χ1) is 9.38. The van der Waals surface area contributed by atoms with Crippen LogP contribution in [0.25, 0.3) is 0 Å². The van der Waals surface area contributed by atoms with Crippen LogP contribution in [0.2, 0.25) is 8.67 Å². The Labute approximate surface area is 127 Å². The maximum Gasteiger partial charge on any atom is 0.337 e. The minimum Gasteiger partial charge on any atom is -0.508 e. The van der Waals surface area contributed by atoms with Crippen molar-refractivity contribution in [3.8, 4) is 5.75 Å². The largest absolute Gasteiger partial charge is 0.508 e. The quantitative estimate of drug-likeness (QED) is 0.748. The highest BCUT2D eigenvalue weighted by Crippen LogP contribution is 2.32. The number of hydrogen-bond donors (Lipinski definition) is 3. The number of benzene rings is 1. The molecule has 0 saturated heterocycles. The van der Waals surface area contributed by atoms with E-state index in [9.17, 15) is 14.7 Å². The van der Waals surface area contributed by atoms with Crippen molar-refractivity contribution in [3.63, 3.8) is 0 Å². The van der Waals surface area contributed by atoms with Crippen molar-refractivity contribution in [3.05, 3.63) is 44.1 Å². The van der Waals surface area contributed by atoms with Gasteiger partial charge in [-0.2, -0.15) is 0 Å². The predicted octanol–water partition coefficient (Wildman–Crippen LogP) is 3.71. The summed E-state index contributed by atoms with van der Waals surface area (Å²) in [6, 6.07) is 4.99. The van der Waals surface area contributed by atoms with E-state index in [0.29, 0.717) is 4.34 Å². The zero-order valence-electron chi connectivity index (χ0n) is 9.68. The number of phenols is 1. The Bertz CT molecular complexity index is 699. The molecule has 0 aliphatic rings. The number of aromatic hydroxyl groups is 1. The number of carboxylic acid groups (broad SMARTS) is 1. The normalized spacial score (nSPS) is 10.3. The lowest BCUT2D eigenvalue weighted by Gasteiger charge is -2.08. The summed E-state index contributed by atoms with van der Waals surface area (Å²) in [5, 5.41) is 20.7. The molecule has 3 N–H and O–H groups in total. The average molecular weight is 332 g/mol. The first kappa shape index (κ1) is 14.6. The number of carboxylic acids is 1. The summed E-state index contributed by atoms with van der Waals surface area (Å²) < 4.78 is 0.562. The molecule has 0 saturated carbocycles. The van der Waals surface area contributed by atoms with Crippen molar-refractivity contribution in [2.75, 3.05) is 5.32 Å². The van der Waals surface area contributed by atoms with Gasteiger partial charge in [0.25, 0.3) is 5.91 Å². The van der Waals surface area contributed by atoms with E-state index >= 15 is 0 Å². The Morgan fingerprint density at radius 2 is 1.85 bits per heavy atom. The third-order valence-corrected chi connectivity index (χ3v) is 3.87. The number of thiophene rings is 1. The lowest BCUT2D eigenvalue weighted by Crippen LogP contribution is -2.14. The predicted molar refractivity (Wildman–Crippen MR) is 77.4 cm³/mol. The lowest BCUT2D eigenvalue weighted by molar-refractivity contribution is 0.0697. The third kappa shape index (κ3) is 3.04. The molecule has 8 heteroatoms. The fourth-order valence-electron chi connectivity index (χ4n) is 1.50. The standard InChI is InChI=1S/C12H7Cl2NO4S/c13-9-4-7(10(14)20-9)11(17)15-8-2-1-5(16)3-6(8)12(18)19/h1-4,16H,(H,15,17)(H,18,19). The van der Waals surface area contributed by atoms with Crippen LogP contribution in [0.5, 0.6) is 5.75 Å². The van der Waals surface area contributed by atoms with Crippen molar-refractivity contribution >= 4 is 52.1 Å². The van der Waals surface area contributed by atoms with E-state index in [4.69, 9.17) is 28.3 Å². The lowest BCUT2D eigenvalue weighted by atomic mass is 10.1. The van der Waals surface area contributed by atoms with E-state index in [1.807, 2.05) is 0 Å². The Hall–Kier alpha value is -1.76. The molecule has 0 aliphatic heterocycles. The molecule has 2 rings (SSSR count). The molecule has 0 atom stereocenters. The van der Waals surface area contributed by atoms with E-state index in [2.05, 4.69) is 5.32 Å². The van der Waals surface area contributed by atoms with E-state index in [1.165, 1.54) is 18.2 Å². The number of halogens is 2. The molecule has 2 aromatic rings. The number of phenolic OH excluding ortho intramolecular Hbond substituents is 1. The summed E-state index contributed by atoms with van der Waals surface area (Å²) in [4.78, 5) is 23.1. The summed E-state index contributed by atoms with van der Waals surface area (Å²) >= 11 is 12.6. The zero-order chi connectivity index (χ0) is 14.9. The fourth-order valence-corrected chi connectivity index (χ4v) is 2.96. The van der Waals surface area contributed by atoms with E-state index in [1.54, 1.807) is 0 Å². The first-order valence-electron chi connectivity index (χ1n) is 5.21. The van der Waals surface area contributed by atoms with Gasteiger partial charge in [0.1, 0.15) is 10.1 Å². The Kier molecular flexibility index (Phi) is 4.17. The van der Waals surface area contributed by atoms with E-state index < -0.39 is 11.9 Å². The number of carbonyl (C=O) groups is 2. The summed E-state index contributed by atoms with van der Waals surface area (Å²) in [5.74, 6) is -2.06. The van der Waals surface area contributed by atoms with Crippen LogP contribution in [-0.2, 0) is 0 Å². The van der Waals surface area contributed by atoms with E-state index in [0.717, 1.165) is 17.4 Å². The molecule has 5 nitrogen and oxygen atoms in total. The van der Waals surface area contributed by atoms with Crippen LogP contribution in [0.1, 0.15) is 20.7 Å². The van der Waals surface area contributed by atoms with Crippen molar-refractivity contribution in [2.24, 2.45) is 0 Å². The van der Waals surface area contributed by atoms with Gasteiger partial charge in [-0.3, -0.25) is 4.79 Å². The minimum absolute atomic E-state index is 0.0543. The van der Waals surface area contributed by atoms with Crippen molar-refractivity contribution in [1.29, 1.82) is 0 Å². The zero-order valence-corrected chi connectivity index (χ0v) is 12.0. The van der Waals surface area contributed by atoms with Gasteiger partial charge in [0.05, 0.1) is 21.2 Å². The molecular formula is C12H7Cl2NO4S. The molecule has 0 radical (unpaired) electrons. The highest BCUT2D eigenvalue weighted by Gasteiger charge is 2.18. The summed E-state index contributed by atoms with van der Waals surface area (Å²) in [6.07, 6.45) is 0. The van der Waals surface area contributed by atoms with Crippen LogP contribution < -0.4 is 5.32 Å². The maximum atomic E-state index is 12.0. The molecular weight excluding hydrogens is 325 g/mol. The van der Waals surface area contributed by atoms with Crippen LogP contribution >= 0.6 is 34.5 Å². The number of anilines is 1. The first-order valence-corrected chi connectivity index (χ1v) is 6.78. The van der Waals surface area contributed by atoms with Gasteiger partial charge >= 0.3 is 5.97 Å². The van der Waals surface area contributed by atoms with Gasteiger partial charge in [-0.25, -0.2) is 4.79 Å². The molecule has 0 aliphatic carbocycles. The van der Waals surface area contributed by atoms with Gasteiger partial charge in [-0.05, 0) is 24.3 Å². The van der Waals surface area contributed by atoms with Crippen molar-refractivity contribution < 1.29 is 19.8 Å². The number of amides is 1. The van der Waals surface area contributed by atoms with Crippen molar-refractivity contribution in [2.45, 2.75) is 0 Å². The molecule has 20 heavy (non-hydrogen) atoms. The molecule has 0 unspecified atom stereocenters. The Morgan fingerprint density at radius 3 is 2.40 bits per heavy atom. The third-order valence-electron chi connectivity index (χ3n) is 2.38. The molecule has 104 valence electrons. The monoisotopic (exact) mass is 331 g/mol. The molecule has 1 aromatic heterocycles. The molecule has 0 fully saturated rings. The van der Waals surface area contributed by atoms with Gasteiger partial charge in [0.15, 0.2) is 0 Å². The Balaban J connectivity index is 2.33. The molecule has 1 heterocycles. The molecule has 0 spiro atoms. The molecule has 1 amide bonds. The Morgan fingerprint density at radius 1 is 1.15 bits per heavy atom. The SMILES string of the molecule is O=C(O)c1cc(O)ccc1NC(=O)c1cc(Cl)sc1Cl. The molecule has 1 aromatic carbocycles. The van der Waals surface area contributed by atoms with Crippen LogP contribution in [0.3, 0.4) is 0 Å². The second-order valence-corrected chi connectivity index (χ2v) is 6.01. The number of aromatic carboxylic acids is 1. The number of hydrogen-bond acceptors (Lipinski definition) is 4. The van der Waals surface area contributed by atoms with Crippen LogP contribution in [0.4, 0.5) is 5.69 Å². The van der Waals surface area contributed by atoms with Gasteiger partial charge in [0, 0.05) is 0 Å². The average Bonchev–Trinajstić information content (AvgIpc) is 2.70. The fraction of sp³-hybridized carbons (Fsp3) is 0. The highest BCUT2D eigenvalue weighted by atomic mass is 35.5. The van der Waals surface area contributed by atoms with Gasteiger partial charge in [-0.1, -0.05) is 23.2 Å². The maximum absolute atomic E-state index is 12.0. The van der Waals surface area contributed by atoms with Gasteiger partial charge in [0.2, 0.25) is 0 Å². The summed E-state index contributed by atoms with van der Waals surface area (Å²) in [7, 11) is 0. The number of carbonyl (C=O) groups excluding carboxylic acids is 1. The van der Waals surface area contributed by atoms with Crippen LogP contribution in [0, 0.1) is 0 Å². The van der Waals surface area contributed by atoms with Crippen molar-refractivity contribution in [1.82, 2.24) is 0 Å². The summed E-state index contributed by atoms with van der Waals surface area (Å²) in [6.45, 7) is 0. The summed E-state index contributed by atoms with van der Waals surface area (Å²) in [5.41, 5.74) is -0.0134. The molecule has 0 bridgehead atoms. The minimum atomic E-state index is -1.27. The number of rotatable bonds is 3.